The molecule has 1 fully saturated rings. The molecule has 5 nitrogen and oxygen atoms in total. The number of ether oxygens (including phenoxy) is 1. The quantitative estimate of drug-likeness (QED) is 0.779. The molecule has 108 valence electrons. The van der Waals surface area contributed by atoms with E-state index in [0.717, 1.165) is 29.3 Å². The summed E-state index contributed by atoms with van der Waals surface area (Å²) in [6, 6.07) is 7.16. The number of imide groups is 1. The molecule has 0 atom stereocenters. The summed E-state index contributed by atoms with van der Waals surface area (Å²) in [5.74, 6) is 0.194. The van der Waals surface area contributed by atoms with Crippen LogP contribution in [0.1, 0.15) is 25.7 Å². The van der Waals surface area contributed by atoms with E-state index in [9.17, 15) is 9.59 Å². The van der Waals surface area contributed by atoms with Crippen LogP contribution in [0.5, 0.6) is 5.75 Å². The van der Waals surface area contributed by atoms with Crippen molar-refractivity contribution in [1.29, 1.82) is 0 Å². The van der Waals surface area contributed by atoms with Gasteiger partial charge in [0.1, 0.15) is 5.75 Å². The normalized spacial score (nSPS) is 14.8. The van der Waals surface area contributed by atoms with Crippen molar-refractivity contribution in [3.63, 3.8) is 0 Å². The molecule has 3 amide bonds. The number of hydrogen-bond donors (Lipinski definition) is 2. The number of hydrogen-bond acceptors (Lipinski definition) is 3. The Balaban J connectivity index is 1.72. The second kappa shape index (κ2) is 7.47. The molecule has 1 aliphatic carbocycles. The van der Waals surface area contributed by atoms with E-state index in [4.69, 9.17) is 4.74 Å². The zero-order chi connectivity index (χ0) is 14.4. The molecule has 0 aromatic heterocycles. The average Bonchev–Trinajstić information content (AvgIpc) is 2.90. The zero-order valence-corrected chi connectivity index (χ0v) is 13.2. The lowest BCUT2D eigenvalue weighted by atomic mass is 10.2. The van der Waals surface area contributed by atoms with Gasteiger partial charge in [-0.3, -0.25) is 10.1 Å². The Morgan fingerprint density at radius 3 is 2.65 bits per heavy atom. The van der Waals surface area contributed by atoms with Crippen LogP contribution in [0.4, 0.5) is 4.79 Å². The van der Waals surface area contributed by atoms with Crippen molar-refractivity contribution in [2.45, 2.75) is 31.7 Å². The highest BCUT2D eigenvalue weighted by molar-refractivity contribution is 14.1. The van der Waals surface area contributed by atoms with Crippen molar-refractivity contribution in [3.8, 4) is 5.75 Å². The fraction of sp³-hybridized carbons (Fsp3) is 0.429. The van der Waals surface area contributed by atoms with Gasteiger partial charge in [-0.15, -0.1) is 0 Å². The molecule has 1 aliphatic rings. The molecule has 0 heterocycles. The minimum Gasteiger partial charge on any atom is -0.483 e. The smallest absolute Gasteiger partial charge is 0.321 e. The fourth-order valence-electron chi connectivity index (χ4n) is 2.16. The van der Waals surface area contributed by atoms with Crippen molar-refractivity contribution in [3.05, 3.63) is 27.8 Å². The molecule has 6 heteroatoms. The number of carbonyl (C=O) groups is 2. The maximum absolute atomic E-state index is 11.6. The van der Waals surface area contributed by atoms with Crippen molar-refractivity contribution in [2.75, 3.05) is 6.61 Å². The first kappa shape index (κ1) is 15.1. The summed E-state index contributed by atoms with van der Waals surface area (Å²) in [5.41, 5.74) is 0. The highest BCUT2D eigenvalue weighted by Crippen LogP contribution is 2.19. The summed E-state index contributed by atoms with van der Waals surface area (Å²) < 4.78 is 6.29. The van der Waals surface area contributed by atoms with Gasteiger partial charge in [0.25, 0.3) is 5.91 Å². The Bertz CT molecular complexity index is 487. The summed E-state index contributed by atoms with van der Waals surface area (Å²) in [6.07, 6.45) is 4.24. The lowest BCUT2D eigenvalue weighted by Crippen LogP contribution is -2.45. The minimum atomic E-state index is -0.444. The second-order valence-electron chi connectivity index (χ2n) is 4.72. The number of benzene rings is 1. The topological polar surface area (TPSA) is 67.4 Å². The van der Waals surface area contributed by atoms with Crippen LogP contribution < -0.4 is 15.4 Å². The van der Waals surface area contributed by atoms with Crippen LogP contribution in [-0.4, -0.2) is 24.6 Å². The van der Waals surface area contributed by atoms with E-state index in [-0.39, 0.29) is 12.6 Å². The highest BCUT2D eigenvalue weighted by atomic mass is 127. The molecule has 0 radical (unpaired) electrons. The summed E-state index contributed by atoms with van der Waals surface area (Å²) in [5, 5.41) is 5.07. The first-order valence-electron chi connectivity index (χ1n) is 6.63. The van der Waals surface area contributed by atoms with Gasteiger partial charge in [0, 0.05) is 6.04 Å². The molecule has 1 aromatic carbocycles. The number of amides is 3. The second-order valence-corrected chi connectivity index (χ2v) is 5.88. The van der Waals surface area contributed by atoms with Crippen molar-refractivity contribution in [2.24, 2.45) is 0 Å². The Morgan fingerprint density at radius 1 is 1.25 bits per heavy atom. The van der Waals surface area contributed by atoms with Crippen LogP contribution in [0.3, 0.4) is 0 Å². The lowest BCUT2D eigenvalue weighted by Gasteiger charge is -2.12. The van der Waals surface area contributed by atoms with Crippen LogP contribution >= 0.6 is 22.6 Å². The minimum absolute atomic E-state index is 0.169. The van der Waals surface area contributed by atoms with Crippen LogP contribution in [-0.2, 0) is 4.79 Å². The zero-order valence-electron chi connectivity index (χ0n) is 11.0. The Kier molecular flexibility index (Phi) is 5.63. The van der Waals surface area contributed by atoms with Gasteiger partial charge in [-0.05, 0) is 47.6 Å². The van der Waals surface area contributed by atoms with E-state index in [1.807, 2.05) is 18.2 Å². The predicted octanol–water partition coefficient (Wildman–Crippen LogP) is 2.44. The van der Waals surface area contributed by atoms with E-state index in [1.165, 1.54) is 0 Å². The van der Waals surface area contributed by atoms with Crippen molar-refractivity contribution >= 4 is 34.5 Å². The third kappa shape index (κ3) is 4.66. The number of carbonyl (C=O) groups excluding carboxylic acids is 2. The summed E-state index contributed by atoms with van der Waals surface area (Å²) >= 11 is 2.13. The van der Waals surface area contributed by atoms with Crippen LogP contribution in [0.2, 0.25) is 0 Å². The number of urea groups is 1. The monoisotopic (exact) mass is 388 g/mol. The van der Waals surface area contributed by atoms with E-state index in [1.54, 1.807) is 6.07 Å². The van der Waals surface area contributed by atoms with Crippen molar-refractivity contribution in [1.82, 2.24) is 10.6 Å². The molecule has 2 N–H and O–H groups in total. The number of rotatable bonds is 4. The largest absolute Gasteiger partial charge is 0.483 e. The molecule has 0 aliphatic heterocycles. The maximum atomic E-state index is 11.6. The molecule has 0 unspecified atom stereocenters. The van der Waals surface area contributed by atoms with Gasteiger partial charge in [-0.2, -0.15) is 0 Å². The van der Waals surface area contributed by atoms with E-state index >= 15 is 0 Å². The molecule has 1 saturated carbocycles. The van der Waals surface area contributed by atoms with Crippen LogP contribution in [0.15, 0.2) is 24.3 Å². The molecular formula is C14H17IN2O3. The van der Waals surface area contributed by atoms with E-state index in [2.05, 4.69) is 33.2 Å². The number of nitrogens with one attached hydrogen (secondary N) is 2. The van der Waals surface area contributed by atoms with Gasteiger partial charge in [0.2, 0.25) is 0 Å². The highest BCUT2D eigenvalue weighted by Gasteiger charge is 2.18. The summed E-state index contributed by atoms with van der Waals surface area (Å²) in [4.78, 5) is 23.2. The summed E-state index contributed by atoms with van der Waals surface area (Å²) in [6.45, 7) is -0.169. The number of para-hydroxylation sites is 1. The van der Waals surface area contributed by atoms with Gasteiger partial charge in [0.05, 0.1) is 3.57 Å². The fourth-order valence-corrected chi connectivity index (χ4v) is 2.70. The maximum Gasteiger partial charge on any atom is 0.321 e. The molecule has 20 heavy (non-hydrogen) atoms. The molecular weight excluding hydrogens is 371 g/mol. The molecule has 0 bridgehead atoms. The van der Waals surface area contributed by atoms with Gasteiger partial charge < -0.3 is 10.1 Å². The Labute approximate surface area is 131 Å². The Hall–Kier alpha value is -1.31. The van der Waals surface area contributed by atoms with Gasteiger partial charge >= 0.3 is 6.03 Å². The van der Waals surface area contributed by atoms with Crippen LogP contribution in [0, 0.1) is 3.57 Å². The van der Waals surface area contributed by atoms with E-state index < -0.39 is 11.9 Å². The van der Waals surface area contributed by atoms with Crippen molar-refractivity contribution < 1.29 is 14.3 Å². The third-order valence-electron chi connectivity index (χ3n) is 3.14. The SMILES string of the molecule is O=C(COc1ccccc1I)NC(=O)NC1CCCC1. The summed E-state index contributed by atoms with van der Waals surface area (Å²) in [7, 11) is 0. The lowest BCUT2D eigenvalue weighted by molar-refractivity contribution is -0.122. The van der Waals surface area contributed by atoms with Gasteiger partial charge in [0.15, 0.2) is 6.61 Å². The van der Waals surface area contributed by atoms with Crippen LogP contribution in [0.25, 0.3) is 0 Å². The van der Waals surface area contributed by atoms with E-state index in [0.29, 0.717) is 5.75 Å². The first-order chi connectivity index (χ1) is 9.65. The average molecular weight is 388 g/mol. The molecule has 0 spiro atoms. The van der Waals surface area contributed by atoms with Gasteiger partial charge in [-0.1, -0.05) is 25.0 Å². The molecule has 1 aromatic rings. The van der Waals surface area contributed by atoms with Gasteiger partial charge in [-0.25, -0.2) is 4.79 Å². The Morgan fingerprint density at radius 2 is 1.95 bits per heavy atom. The standard InChI is InChI=1S/C14H17IN2O3/c15-11-7-3-4-8-12(11)20-9-13(18)17-14(19)16-10-5-1-2-6-10/h3-4,7-8,10H,1-2,5-6,9H2,(H2,16,17,18,19). The third-order valence-corrected chi connectivity index (χ3v) is 4.03. The predicted molar refractivity (Wildman–Crippen MR) is 83.6 cm³/mol. The first-order valence-corrected chi connectivity index (χ1v) is 7.70. The molecule has 2 rings (SSSR count). The molecule has 0 saturated heterocycles. The number of halogens is 1.